The maximum absolute atomic E-state index is 14.9. The Labute approximate surface area is 234 Å². The predicted octanol–water partition coefficient (Wildman–Crippen LogP) is 6.09. The zero-order chi connectivity index (χ0) is 28.6. The Hall–Kier alpha value is -4.21. The fraction of sp³-hybridized carbons (Fsp3) is 0.400. The molecule has 1 saturated heterocycles. The van der Waals surface area contributed by atoms with Crippen LogP contribution in [0.5, 0.6) is 0 Å². The maximum atomic E-state index is 14.9. The van der Waals surface area contributed by atoms with Gasteiger partial charge in [0.2, 0.25) is 0 Å². The summed E-state index contributed by atoms with van der Waals surface area (Å²) >= 11 is 0. The average Bonchev–Trinajstić information content (AvgIpc) is 3.24. The molecule has 0 saturated carbocycles. The molecule has 4 aromatic rings. The van der Waals surface area contributed by atoms with Crippen LogP contribution in [0.1, 0.15) is 46.2 Å². The first-order valence-electron chi connectivity index (χ1n) is 13.6. The van der Waals surface area contributed by atoms with Gasteiger partial charge in [-0.05, 0) is 62.6 Å². The first-order valence-corrected chi connectivity index (χ1v) is 13.6. The summed E-state index contributed by atoms with van der Waals surface area (Å²) in [5, 5.41) is 8.80. The quantitative estimate of drug-likeness (QED) is 0.324. The normalized spacial score (nSPS) is 14.2. The molecule has 3 aromatic heterocycles. The van der Waals surface area contributed by atoms with Crippen LogP contribution >= 0.6 is 0 Å². The lowest BCUT2D eigenvalue weighted by Gasteiger charge is -2.36. The van der Waals surface area contributed by atoms with Crippen molar-refractivity contribution in [1.82, 2.24) is 24.6 Å². The third kappa shape index (κ3) is 5.85. The highest BCUT2D eigenvalue weighted by Crippen LogP contribution is 2.32. The fourth-order valence-electron chi connectivity index (χ4n) is 5.05. The highest BCUT2D eigenvalue weighted by Gasteiger charge is 2.26. The second-order valence-electron chi connectivity index (χ2n) is 11.4. The van der Waals surface area contributed by atoms with Gasteiger partial charge in [-0.15, -0.1) is 0 Å². The first-order chi connectivity index (χ1) is 19.0. The van der Waals surface area contributed by atoms with E-state index in [1.54, 1.807) is 17.2 Å². The molecule has 5 rings (SSSR count). The zero-order valence-electron chi connectivity index (χ0n) is 23.9. The molecule has 10 heteroatoms. The number of halogens is 1. The molecule has 1 aliphatic heterocycles. The Kier molecular flexibility index (Phi) is 7.35. The van der Waals surface area contributed by atoms with E-state index >= 15 is 0 Å². The average molecular weight is 546 g/mol. The molecule has 1 aromatic carbocycles. The van der Waals surface area contributed by atoms with Gasteiger partial charge in [-0.25, -0.2) is 19.2 Å². The number of rotatable bonds is 5. The molecule has 0 unspecified atom stereocenters. The zero-order valence-corrected chi connectivity index (χ0v) is 23.9. The minimum absolute atomic E-state index is 0.281. The van der Waals surface area contributed by atoms with Crippen LogP contribution in [0.3, 0.4) is 0 Å². The molecule has 4 heterocycles. The Bertz CT molecular complexity index is 1520. The van der Waals surface area contributed by atoms with Crippen molar-refractivity contribution in [2.75, 3.05) is 36.4 Å². The highest BCUT2D eigenvalue weighted by atomic mass is 19.1. The van der Waals surface area contributed by atoms with Crippen molar-refractivity contribution in [3.63, 3.8) is 0 Å². The number of anilines is 3. The van der Waals surface area contributed by atoms with Gasteiger partial charge in [0.05, 0.1) is 23.6 Å². The number of piperazine rings is 1. The molecule has 0 bridgehead atoms. The van der Waals surface area contributed by atoms with Crippen molar-refractivity contribution in [2.24, 2.45) is 7.05 Å². The van der Waals surface area contributed by atoms with E-state index in [1.165, 1.54) is 6.20 Å². The number of ether oxygens (including phenoxy) is 1. The molecular formula is C30H36FN7O2. The van der Waals surface area contributed by atoms with E-state index in [2.05, 4.69) is 39.1 Å². The van der Waals surface area contributed by atoms with Crippen LogP contribution in [-0.2, 0) is 11.8 Å². The van der Waals surface area contributed by atoms with E-state index in [-0.39, 0.29) is 12.0 Å². The monoisotopic (exact) mass is 545 g/mol. The van der Waals surface area contributed by atoms with Gasteiger partial charge in [0.15, 0.2) is 0 Å². The topological polar surface area (TPSA) is 88.4 Å². The number of benzene rings is 1. The number of pyridine rings is 2. The number of carbonyl (C=O) groups excluding carboxylic acids is 1. The van der Waals surface area contributed by atoms with Gasteiger partial charge >= 0.3 is 6.09 Å². The summed E-state index contributed by atoms with van der Waals surface area (Å²) < 4.78 is 22.3. The fourth-order valence-corrected chi connectivity index (χ4v) is 5.05. The number of nitrogens with zero attached hydrogens (tertiary/aromatic N) is 6. The largest absolute Gasteiger partial charge is 0.444 e. The van der Waals surface area contributed by atoms with Crippen molar-refractivity contribution in [1.29, 1.82) is 0 Å². The lowest BCUT2D eigenvalue weighted by atomic mass is 10.0. The van der Waals surface area contributed by atoms with E-state index in [1.807, 2.05) is 62.8 Å². The number of hydrogen-bond acceptors (Lipinski definition) is 7. The van der Waals surface area contributed by atoms with Gasteiger partial charge in [0.1, 0.15) is 23.1 Å². The number of hydrogen-bond donors (Lipinski definition) is 1. The van der Waals surface area contributed by atoms with Crippen molar-refractivity contribution in [3.05, 3.63) is 60.3 Å². The van der Waals surface area contributed by atoms with Gasteiger partial charge in [-0.1, -0.05) is 19.9 Å². The van der Waals surface area contributed by atoms with E-state index in [4.69, 9.17) is 4.74 Å². The van der Waals surface area contributed by atoms with Crippen molar-refractivity contribution in [2.45, 2.75) is 46.1 Å². The summed E-state index contributed by atoms with van der Waals surface area (Å²) in [7, 11) is 1.94. The minimum Gasteiger partial charge on any atom is -0.444 e. The molecule has 1 fully saturated rings. The van der Waals surface area contributed by atoms with E-state index < -0.39 is 11.4 Å². The molecule has 1 amide bonds. The number of aryl methyl sites for hydroxylation is 1. The molecule has 1 N–H and O–H groups in total. The van der Waals surface area contributed by atoms with Crippen LogP contribution in [0, 0.1) is 5.82 Å². The van der Waals surface area contributed by atoms with Crippen molar-refractivity contribution in [3.8, 4) is 11.1 Å². The number of fused-ring (bicyclic) bond motifs is 1. The van der Waals surface area contributed by atoms with E-state index in [0.717, 1.165) is 27.8 Å². The lowest BCUT2D eigenvalue weighted by Crippen LogP contribution is -2.50. The van der Waals surface area contributed by atoms with Crippen LogP contribution in [0.15, 0.2) is 48.8 Å². The maximum Gasteiger partial charge on any atom is 0.410 e. The number of aromatic nitrogens is 4. The number of carbonyl (C=O) groups is 1. The number of amides is 1. The summed E-state index contributed by atoms with van der Waals surface area (Å²) in [6.07, 6.45) is 2.74. The lowest BCUT2D eigenvalue weighted by molar-refractivity contribution is 0.0240. The van der Waals surface area contributed by atoms with Crippen LogP contribution in [0.4, 0.5) is 26.5 Å². The molecule has 1 aliphatic rings. The Morgan fingerprint density at radius 1 is 1.00 bits per heavy atom. The molecule has 40 heavy (non-hydrogen) atoms. The SMILES string of the molecule is CC(C)c1c2cc(-c3cc(Nc4ccc(N5CCN(C(=O)OC(C)(C)C)CC5)cn4)ncc3F)ccc2nn1C. The first kappa shape index (κ1) is 27.4. The summed E-state index contributed by atoms with van der Waals surface area (Å²) in [6.45, 7) is 12.4. The Balaban J connectivity index is 1.28. The van der Waals surface area contributed by atoms with Gasteiger partial charge in [0, 0.05) is 49.9 Å². The van der Waals surface area contributed by atoms with Gasteiger partial charge in [-0.3, -0.25) is 4.68 Å². The van der Waals surface area contributed by atoms with E-state index in [0.29, 0.717) is 43.4 Å². The van der Waals surface area contributed by atoms with Gasteiger partial charge in [-0.2, -0.15) is 5.10 Å². The standard InChI is InChI=1S/C30H36FN7O2/c1-19(2)28-23-15-20(7-9-25(23)35-36(28)6)22-16-27(33-18-24(22)31)34-26-10-8-21(17-32-26)37-11-13-38(14-12-37)29(39)40-30(3,4)5/h7-10,15-19H,11-14H2,1-6H3,(H,32,33,34). The summed E-state index contributed by atoms with van der Waals surface area (Å²) in [5.41, 5.74) is 3.67. The third-order valence-electron chi connectivity index (χ3n) is 6.89. The molecule has 9 nitrogen and oxygen atoms in total. The molecule has 0 aliphatic carbocycles. The molecular weight excluding hydrogens is 509 g/mol. The smallest absolute Gasteiger partial charge is 0.410 e. The molecule has 210 valence electrons. The molecule has 0 radical (unpaired) electrons. The summed E-state index contributed by atoms with van der Waals surface area (Å²) in [5.74, 6) is 0.991. The van der Waals surface area contributed by atoms with Crippen LogP contribution in [0.2, 0.25) is 0 Å². The highest BCUT2D eigenvalue weighted by molar-refractivity contribution is 5.87. The number of nitrogens with one attached hydrogen (secondary N) is 1. The van der Waals surface area contributed by atoms with Crippen LogP contribution < -0.4 is 10.2 Å². The molecule has 0 atom stereocenters. The molecule has 0 spiro atoms. The Morgan fingerprint density at radius 2 is 1.73 bits per heavy atom. The van der Waals surface area contributed by atoms with Gasteiger partial charge < -0.3 is 19.9 Å². The third-order valence-corrected chi connectivity index (χ3v) is 6.89. The predicted molar refractivity (Wildman–Crippen MR) is 156 cm³/mol. The van der Waals surface area contributed by atoms with Crippen molar-refractivity contribution >= 4 is 34.3 Å². The van der Waals surface area contributed by atoms with E-state index in [9.17, 15) is 9.18 Å². The van der Waals surface area contributed by atoms with Crippen LogP contribution in [0.25, 0.3) is 22.0 Å². The minimum atomic E-state index is -0.509. The second kappa shape index (κ2) is 10.7. The summed E-state index contributed by atoms with van der Waals surface area (Å²) in [4.78, 5) is 25.0. The second-order valence-corrected chi connectivity index (χ2v) is 11.4. The van der Waals surface area contributed by atoms with Crippen molar-refractivity contribution < 1.29 is 13.9 Å². The van der Waals surface area contributed by atoms with Gasteiger partial charge in [0.25, 0.3) is 0 Å². The summed E-state index contributed by atoms with van der Waals surface area (Å²) in [6, 6.07) is 11.4. The Morgan fingerprint density at radius 3 is 2.38 bits per heavy atom. The van der Waals surface area contributed by atoms with Crippen LogP contribution in [-0.4, -0.2) is 62.5 Å².